The van der Waals surface area contributed by atoms with E-state index in [4.69, 9.17) is 16.3 Å². The first-order chi connectivity index (χ1) is 14.3. The Morgan fingerprint density at radius 1 is 1.20 bits per heavy atom. The minimum atomic E-state index is -0.723. The fourth-order valence-electron chi connectivity index (χ4n) is 2.70. The number of nitrogens with one attached hydrogen (secondary N) is 2. The number of carbonyl (C=O) groups excluding carboxylic acids is 2. The SMILES string of the molecule is CCOc1ccc(Br)cc1/C=N/NC(=O)C(CC(C)C)NC(=O)c1ccc(Cl)cc1. The van der Waals surface area contributed by atoms with Gasteiger partial charge in [-0.1, -0.05) is 41.4 Å². The summed E-state index contributed by atoms with van der Waals surface area (Å²) in [5, 5.41) is 7.36. The molecule has 2 rings (SSSR count). The molecule has 2 aromatic rings. The summed E-state index contributed by atoms with van der Waals surface area (Å²) in [7, 11) is 0. The Morgan fingerprint density at radius 3 is 2.53 bits per heavy atom. The van der Waals surface area contributed by atoms with E-state index in [0.717, 1.165) is 10.0 Å². The predicted molar refractivity (Wildman–Crippen MR) is 123 cm³/mol. The minimum absolute atomic E-state index is 0.199. The first-order valence-electron chi connectivity index (χ1n) is 9.61. The smallest absolute Gasteiger partial charge is 0.262 e. The van der Waals surface area contributed by atoms with Gasteiger partial charge in [0.25, 0.3) is 11.8 Å². The van der Waals surface area contributed by atoms with Crippen LogP contribution in [-0.2, 0) is 4.79 Å². The standard InChI is InChI=1S/C22H25BrClN3O3/c1-4-30-20-10-7-17(23)12-16(20)13-25-27-22(29)19(11-14(2)3)26-21(28)15-5-8-18(24)9-6-15/h5-10,12-14,19H,4,11H2,1-3H3,(H,26,28)(H,27,29)/b25-13+. The highest BCUT2D eigenvalue weighted by Crippen LogP contribution is 2.21. The van der Waals surface area contributed by atoms with E-state index >= 15 is 0 Å². The lowest BCUT2D eigenvalue weighted by Gasteiger charge is -2.19. The monoisotopic (exact) mass is 493 g/mol. The predicted octanol–water partition coefficient (Wildman–Crippen LogP) is 4.80. The van der Waals surface area contributed by atoms with Gasteiger partial charge in [-0.2, -0.15) is 5.10 Å². The highest BCUT2D eigenvalue weighted by Gasteiger charge is 2.22. The summed E-state index contributed by atoms with van der Waals surface area (Å²) in [6, 6.07) is 11.3. The summed E-state index contributed by atoms with van der Waals surface area (Å²) in [5.41, 5.74) is 3.67. The number of ether oxygens (including phenoxy) is 1. The maximum absolute atomic E-state index is 12.7. The molecule has 0 saturated carbocycles. The molecule has 2 aromatic carbocycles. The summed E-state index contributed by atoms with van der Waals surface area (Å²) in [4.78, 5) is 25.2. The van der Waals surface area contributed by atoms with Crippen LogP contribution in [0.3, 0.4) is 0 Å². The van der Waals surface area contributed by atoms with Crippen LogP contribution in [0.5, 0.6) is 5.75 Å². The molecule has 0 fully saturated rings. The molecule has 1 atom stereocenters. The van der Waals surface area contributed by atoms with E-state index in [2.05, 4.69) is 31.8 Å². The first kappa shape index (κ1) is 23.9. The lowest BCUT2D eigenvalue weighted by atomic mass is 10.0. The van der Waals surface area contributed by atoms with Crippen LogP contribution in [0.25, 0.3) is 0 Å². The van der Waals surface area contributed by atoms with E-state index < -0.39 is 11.9 Å². The number of hydrogen-bond donors (Lipinski definition) is 2. The Kier molecular flexibility index (Phi) is 9.33. The second kappa shape index (κ2) is 11.7. The number of rotatable bonds is 9. The van der Waals surface area contributed by atoms with Gasteiger partial charge in [-0.05, 0) is 61.7 Å². The Hall–Kier alpha value is -2.38. The Bertz CT molecular complexity index is 901. The molecular weight excluding hydrogens is 470 g/mol. The molecule has 160 valence electrons. The molecule has 0 aliphatic heterocycles. The maximum Gasteiger partial charge on any atom is 0.262 e. The number of hydrazone groups is 1. The van der Waals surface area contributed by atoms with Gasteiger partial charge in [-0.25, -0.2) is 5.43 Å². The van der Waals surface area contributed by atoms with Gasteiger partial charge in [-0.15, -0.1) is 0 Å². The van der Waals surface area contributed by atoms with Crippen LogP contribution in [-0.4, -0.2) is 30.7 Å². The van der Waals surface area contributed by atoms with Gasteiger partial charge in [-0.3, -0.25) is 9.59 Å². The first-order valence-corrected chi connectivity index (χ1v) is 10.8. The van der Waals surface area contributed by atoms with Crippen LogP contribution in [0.2, 0.25) is 5.02 Å². The van der Waals surface area contributed by atoms with E-state index in [1.807, 2.05) is 39.0 Å². The quantitative estimate of drug-likeness (QED) is 0.388. The van der Waals surface area contributed by atoms with Crippen molar-refractivity contribution in [1.29, 1.82) is 0 Å². The highest BCUT2D eigenvalue weighted by atomic mass is 79.9. The molecule has 0 aliphatic rings. The van der Waals surface area contributed by atoms with Gasteiger partial charge >= 0.3 is 0 Å². The Balaban J connectivity index is 2.08. The minimum Gasteiger partial charge on any atom is -0.493 e. The van der Waals surface area contributed by atoms with E-state index in [1.165, 1.54) is 6.21 Å². The molecule has 2 N–H and O–H groups in total. The third-order valence-corrected chi connectivity index (χ3v) is 4.83. The number of hydrogen-bond acceptors (Lipinski definition) is 4. The van der Waals surface area contributed by atoms with E-state index in [1.54, 1.807) is 24.3 Å². The highest BCUT2D eigenvalue weighted by molar-refractivity contribution is 9.10. The summed E-state index contributed by atoms with van der Waals surface area (Å²) in [6.07, 6.45) is 1.99. The van der Waals surface area contributed by atoms with Gasteiger partial charge in [0.1, 0.15) is 11.8 Å². The zero-order valence-electron chi connectivity index (χ0n) is 17.1. The number of nitrogens with zero attached hydrogens (tertiary/aromatic N) is 1. The summed E-state index contributed by atoms with van der Waals surface area (Å²) in [5.74, 6) is 0.121. The van der Waals surface area contributed by atoms with Crippen molar-refractivity contribution in [2.75, 3.05) is 6.61 Å². The molecule has 0 bridgehead atoms. The second-order valence-electron chi connectivity index (χ2n) is 7.01. The van der Waals surface area contributed by atoms with Gasteiger partial charge in [0.2, 0.25) is 0 Å². The Labute approximate surface area is 190 Å². The topological polar surface area (TPSA) is 79.8 Å². The van der Waals surface area contributed by atoms with E-state index in [0.29, 0.717) is 29.4 Å². The summed E-state index contributed by atoms with van der Waals surface area (Å²) in [6.45, 7) is 6.37. The van der Waals surface area contributed by atoms with Gasteiger partial charge in [0.05, 0.1) is 12.8 Å². The molecule has 0 aliphatic carbocycles. The van der Waals surface area contributed by atoms with E-state index in [-0.39, 0.29) is 11.8 Å². The lowest BCUT2D eigenvalue weighted by molar-refractivity contribution is -0.123. The van der Waals surface area contributed by atoms with Gasteiger partial charge in [0, 0.05) is 20.6 Å². The molecule has 0 aromatic heterocycles. The van der Waals surface area contributed by atoms with Crippen molar-refractivity contribution in [2.24, 2.45) is 11.0 Å². The lowest BCUT2D eigenvalue weighted by Crippen LogP contribution is -2.46. The molecular formula is C22H25BrClN3O3. The van der Waals surface area contributed by atoms with Crippen molar-refractivity contribution in [3.8, 4) is 5.75 Å². The Morgan fingerprint density at radius 2 is 1.90 bits per heavy atom. The third-order valence-electron chi connectivity index (χ3n) is 4.09. The van der Waals surface area contributed by atoms with Crippen molar-refractivity contribution < 1.29 is 14.3 Å². The van der Waals surface area contributed by atoms with Crippen LogP contribution in [0.1, 0.15) is 43.1 Å². The second-order valence-corrected chi connectivity index (χ2v) is 8.36. The van der Waals surface area contributed by atoms with Crippen LogP contribution >= 0.6 is 27.5 Å². The molecule has 30 heavy (non-hydrogen) atoms. The number of halogens is 2. The van der Waals surface area contributed by atoms with Crippen molar-refractivity contribution in [3.05, 3.63) is 63.1 Å². The largest absolute Gasteiger partial charge is 0.493 e. The van der Waals surface area contributed by atoms with Crippen molar-refractivity contribution in [1.82, 2.24) is 10.7 Å². The van der Waals surface area contributed by atoms with Crippen molar-refractivity contribution >= 4 is 45.6 Å². The van der Waals surface area contributed by atoms with Crippen LogP contribution in [0.15, 0.2) is 52.0 Å². The van der Waals surface area contributed by atoms with E-state index in [9.17, 15) is 9.59 Å². The molecule has 1 unspecified atom stereocenters. The number of amides is 2. The molecule has 0 heterocycles. The third kappa shape index (κ3) is 7.46. The average molecular weight is 495 g/mol. The van der Waals surface area contributed by atoms with Gasteiger partial charge in [0.15, 0.2) is 0 Å². The van der Waals surface area contributed by atoms with Crippen LogP contribution in [0.4, 0.5) is 0 Å². The van der Waals surface area contributed by atoms with Crippen LogP contribution < -0.4 is 15.5 Å². The number of carbonyl (C=O) groups is 2. The molecule has 2 amide bonds. The fraction of sp³-hybridized carbons (Fsp3) is 0.318. The van der Waals surface area contributed by atoms with Gasteiger partial charge < -0.3 is 10.1 Å². The molecule has 8 heteroatoms. The molecule has 0 radical (unpaired) electrons. The molecule has 0 saturated heterocycles. The molecule has 6 nitrogen and oxygen atoms in total. The maximum atomic E-state index is 12.7. The zero-order chi connectivity index (χ0) is 22.1. The summed E-state index contributed by atoms with van der Waals surface area (Å²) >= 11 is 9.28. The van der Waals surface area contributed by atoms with Crippen molar-refractivity contribution in [3.63, 3.8) is 0 Å². The average Bonchev–Trinajstić information content (AvgIpc) is 2.69. The summed E-state index contributed by atoms with van der Waals surface area (Å²) < 4.78 is 6.44. The fourth-order valence-corrected chi connectivity index (χ4v) is 3.20. The number of benzene rings is 2. The zero-order valence-corrected chi connectivity index (χ0v) is 19.5. The van der Waals surface area contributed by atoms with Crippen LogP contribution in [0, 0.1) is 5.92 Å². The molecule has 0 spiro atoms. The normalized spacial score (nSPS) is 12.1. The van der Waals surface area contributed by atoms with Crippen molar-refractivity contribution in [2.45, 2.75) is 33.2 Å².